The van der Waals surface area contributed by atoms with Gasteiger partial charge < -0.3 is 4.42 Å². The van der Waals surface area contributed by atoms with Gasteiger partial charge in [0.05, 0.1) is 0 Å². The maximum atomic E-state index is 5.95. The SMILES string of the molecule is Cc1ccc(-c2nnc(-c3ccc4c(c3)C(C)(C)CC4(C)C)o2)cc1. The Balaban J connectivity index is 1.74. The Morgan fingerprint density at radius 2 is 1.32 bits per heavy atom. The number of benzene rings is 2. The van der Waals surface area contributed by atoms with Crippen molar-refractivity contribution in [1.29, 1.82) is 0 Å². The van der Waals surface area contributed by atoms with Crippen molar-refractivity contribution >= 4 is 0 Å². The highest BCUT2D eigenvalue weighted by Crippen LogP contribution is 2.50. The maximum absolute atomic E-state index is 5.95. The van der Waals surface area contributed by atoms with Gasteiger partial charge in [0.15, 0.2) is 0 Å². The van der Waals surface area contributed by atoms with E-state index in [-0.39, 0.29) is 10.8 Å². The van der Waals surface area contributed by atoms with Crippen LogP contribution < -0.4 is 0 Å². The minimum absolute atomic E-state index is 0.161. The van der Waals surface area contributed by atoms with Crippen LogP contribution in [-0.4, -0.2) is 10.2 Å². The van der Waals surface area contributed by atoms with Crippen molar-refractivity contribution in [2.75, 3.05) is 0 Å². The van der Waals surface area contributed by atoms with Gasteiger partial charge in [-0.2, -0.15) is 0 Å². The van der Waals surface area contributed by atoms with Crippen molar-refractivity contribution in [3.63, 3.8) is 0 Å². The molecular formula is C22H24N2O. The van der Waals surface area contributed by atoms with Crippen LogP contribution in [0.1, 0.15) is 50.8 Å². The van der Waals surface area contributed by atoms with E-state index in [1.165, 1.54) is 16.7 Å². The average Bonchev–Trinajstić information content (AvgIpc) is 3.10. The molecule has 3 heteroatoms. The number of nitrogens with zero attached hydrogens (tertiary/aromatic N) is 2. The maximum Gasteiger partial charge on any atom is 0.248 e. The van der Waals surface area contributed by atoms with Crippen LogP contribution in [0.2, 0.25) is 0 Å². The van der Waals surface area contributed by atoms with Gasteiger partial charge in [-0.25, -0.2) is 0 Å². The molecule has 3 nitrogen and oxygen atoms in total. The van der Waals surface area contributed by atoms with E-state index in [9.17, 15) is 0 Å². The molecule has 0 bridgehead atoms. The number of hydrogen-bond donors (Lipinski definition) is 0. The molecule has 1 aliphatic rings. The van der Waals surface area contributed by atoms with Crippen LogP contribution in [0.25, 0.3) is 22.9 Å². The summed E-state index contributed by atoms with van der Waals surface area (Å²) in [6, 6.07) is 14.7. The first-order chi connectivity index (χ1) is 11.8. The van der Waals surface area contributed by atoms with Gasteiger partial charge in [-0.15, -0.1) is 10.2 Å². The van der Waals surface area contributed by atoms with E-state index in [2.05, 4.69) is 75.1 Å². The Bertz CT molecular complexity index is 933. The topological polar surface area (TPSA) is 38.9 Å². The lowest BCUT2D eigenvalue weighted by Gasteiger charge is -2.22. The summed E-state index contributed by atoms with van der Waals surface area (Å²) in [7, 11) is 0. The molecule has 1 aliphatic carbocycles. The molecule has 2 aromatic carbocycles. The van der Waals surface area contributed by atoms with E-state index >= 15 is 0 Å². The largest absolute Gasteiger partial charge is 0.416 e. The first kappa shape index (κ1) is 16.1. The summed E-state index contributed by atoms with van der Waals surface area (Å²) in [6.45, 7) is 11.3. The molecule has 0 spiro atoms. The highest BCUT2D eigenvalue weighted by Gasteiger charge is 2.41. The Hall–Kier alpha value is -2.42. The molecule has 0 saturated carbocycles. The second-order valence-corrected chi connectivity index (χ2v) is 8.48. The summed E-state index contributed by atoms with van der Waals surface area (Å²) in [5, 5.41) is 8.51. The third kappa shape index (κ3) is 2.68. The van der Waals surface area contributed by atoms with Crippen LogP contribution in [0, 0.1) is 6.92 Å². The number of fused-ring (bicyclic) bond motifs is 1. The van der Waals surface area contributed by atoms with E-state index < -0.39 is 0 Å². The van der Waals surface area contributed by atoms with Gasteiger partial charge in [0.2, 0.25) is 11.8 Å². The van der Waals surface area contributed by atoms with Crippen LogP contribution in [-0.2, 0) is 10.8 Å². The quantitative estimate of drug-likeness (QED) is 0.607. The van der Waals surface area contributed by atoms with Crippen molar-refractivity contribution in [3.8, 4) is 22.9 Å². The van der Waals surface area contributed by atoms with Crippen LogP contribution >= 0.6 is 0 Å². The van der Waals surface area contributed by atoms with Crippen LogP contribution in [0.3, 0.4) is 0 Å². The summed E-state index contributed by atoms with van der Waals surface area (Å²) in [5.74, 6) is 1.15. The zero-order valence-corrected chi connectivity index (χ0v) is 15.6. The summed E-state index contributed by atoms with van der Waals surface area (Å²) in [6.07, 6.45) is 1.15. The monoisotopic (exact) mass is 332 g/mol. The molecule has 0 radical (unpaired) electrons. The van der Waals surface area contributed by atoms with Gasteiger partial charge in [-0.3, -0.25) is 0 Å². The van der Waals surface area contributed by atoms with Crippen LogP contribution in [0.4, 0.5) is 0 Å². The third-order valence-corrected chi connectivity index (χ3v) is 5.33. The lowest BCUT2D eigenvalue weighted by atomic mass is 9.82. The molecule has 1 heterocycles. The van der Waals surface area contributed by atoms with Gasteiger partial charge in [0.25, 0.3) is 0 Å². The fourth-order valence-electron chi connectivity index (χ4n) is 4.28. The minimum atomic E-state index is 0.161. The predicted octanol–water partition coefficient (Wildman–Crippen LogP) is 5.67. The van der Waals surface area contributed by atoms with Gasteiger partial charge >= 0.3 is 0 Å². The van der Waals surface area contributed by atoms with Crippen LogP contribution in [0.15, 0.2) is 46.9 Å². The highest BCUT2D eigenvalue weighted by molar-refractivity contribution is 5.62. The van der Waals surface area contributed by atoms with Crippen molar-refractivity contribution in [2.45, 2.75) is 51.9 Å². The molecule has 0 N–H and O–H groups in total. The molecule has 0 saturated heterocycles. The molecule has 25 heavy (non-hydrogen) atoms. The lowest BCUT2D eigenvalue weighted by molar-refractivity contribution is 0.403. The number of hydrogen-bond acceptors (Lipinski definition) is 3. The number of rotatable bonds is 2. The Kier molecular flexibility index (Phi) is 3.40. The summed E-state index contributed by atoms with van der Waals surface area (Å²) < 4.78 is 5.95. The third-order valence-electron chi connectivity index (χ3n) is 5.33. The average molecular weight is 332 g/mol. The highest BCUT2D eigenvalue weighted by atomic mass is 16.4. The van der Waals surface area contributed by atoms with Crippen molar-refractivity contribution < 1.29 is 4.42 Å². The smallest absolute Gasteiger partial charge is 0.248 e. The molecule has 0 unspecified atom stereocenters. The van der Waals surface area contributed by atoms with E-state index in [0.717, 1.165) is 17.5 Å². The van der Waals surface area contributed by atoms with Crippen molar-refractivity contribution in [3.05, 3.63) is 59.2 Å². The molecular weight excluding hydrogens is 308 g/mol. The predicted molar refractivity (Wildman–Crippen MR) is 101 cm³/mol. The Labute approximate surface area is 149 Å². The minimum Gasteiger partial charge on any atom is -0.416 e. The van der Waals surface area contributed by atoms with Gasteiger partial charge in [-0.1, -0.05) is 51.5 Å². The second-order valence-electron chi connectivity index (χ2n) is 8.48. The number of aromatic nitrogens is 2. The molecule has 4 rings (SSSR count). The number of aryl methyl sites for hydroxylation is 1. The Morgan fingerprint density at radius 1 is 0.760 bits per heavy atom. The zero-order chi connectivity index (χ0) is 17.8. The first-order valence-corrected chi connectivity index (χ1v) is 8.82. The van der Waals surface area contributed by atoms with Gasteiger partial charge in [-0.05, 0) is 59.6 Å². The Morgan fingerprint density at radius 3 is 2.00 bits per heavy atom. The zero-order valence-electron chi connectivity index (χ0n) is 15.6. The van der Waals surface area contributed by atoms with Crippen molar-refractivity contribution in [1.82, 2.24) is 10.2 Å². The van der Waals surface area contributed by atoms with Crippen LogP contribution in [0.5, 0.6) is 0 Å². The van der Waals surface area contributed by atoms with E-state index in [1.807, 2.05) is 12.1 Å². The molecule has 3 aromatic rings. The molecule has 0 atom stereocenters. The second kappa shape index (κ2) is 5.29. The van der Waals surface area contributed by atoms with Gasteiger partial charge in [0, 0.05) is 11.1 Å². The van der Waals surface area contributed by atoms with E-state index in [0.29, 0.717) is 11.8 Å². The molecule has 1 aromatic heterocycles. The van der Waals surface area contributed by atoms with E-state index in [4.69, 9.17) is 4.42 Å². The normalized spacial score (nSPS) is 17.5. The lowest BCUT2D eigenvalue weighted by Crippen LogP contribution is -2.17. The van der Waals surface area contributed by atoms with Gasteiger partial charge in [0.1, 0.15) is 0 Å². The molecule has 0 aliphatic heterocycles. The summed E-state index contributed by atoms with van der Waals surface area (Å²) in [4.78, 5) is 0. The van der Waals surface area contributed by atoms with Crippen molar-refractivity contribution in [2.24, 2.45) is 0 Å². The fourth-order valence-corrected chi connectivity index (χ4v) is 4.28. The fraction of sp³-hybridized carbons (Fsp3) is 0.364. The molecule has 0 fully saturated rings. The molecule has 128 valence electrons. The van der Waals surface area contributed by atoms with E-state index in [1.54, 1.807) is 0 Å². The summed E-state index contributed by atoms with van der Waals surface area (Å²) in [5.41, 5.74) is 6.35. The summed E-state index contributed by atoms with van der Waals surface area (Å²) >= 11 is 0. The standard InChI is InChI=1S/C22H24N2O/c1-14-6-8-15(9-7-14)19-23-24-20(25-19)16-10-11-17-18(12-16)22(4,5)13-21(17,2)3/h6-12H,13H2,1-5H3. The molecule has 0 amide bonds. The first-order valence-electron chi connectivity index (χ1n) is 8.82.